The molecule has 0 aliphatic carbocycles. The quantitative estimate of drug-likeness (QED) is 0.633. The molecule has 0 aliphatic rings. The van der Waals surface area contributed by atoms with E-state index in [1.54, 1.807) is 43.3 Å². The Bertz CT molecular complexity index is 626. The SMILES string of the molecule is CCONC(=O)C(=N)c1ccccc1Oc1ccccc1. The average molecular weight is 284 g/mol. The van der Waals surface area contributed by atoms with Crippen molar-refractivity contribution < 1.29 is 14.4 Å². The molecule has 0 fully saturated rings. The van der Waals surface area contributed by atoms with Crippen molar-refractivity contribution in [3.8, 4) is 11.5 Å². The molecular formula is C16H16N2O3. The molecular weight excluding hydrogens is 268 g/mol. The summed E-state index contributed by atoms with van der Waals surface area (Å²) in [7, 11) is 0. The van der Waals surface area contributed by atoms with Crippen LogP contribution in [0.15, 0.2) is 54.6 Å². The van der Waals surface area contributed by atoms with Gasteiger partial charge in [0.1, 0.15) is 17.2 Å². The highest BCUT2D eigenvalue weighted by Crippen LogP contribution is 2.25. The van der Waals surface area contributed by atoms with Crippen molar-refractivity contribution in [3.05, 3.63) is 60.2 Å². The summed E-state index contributed by atoms with van der Waals surface area (Å²) >= 11 is 0. The maximum atomic E-state index is 11.8. The van der Waals surface area contributed by atoms with E-state index in [0.29, 0.717) is 23.7 Å². The van der Waals surface area contributed by atoms with Gasteiger partial charge in [-0.05, 0) is 31.2 Å². The van der Waals surface area contributed by atoms with Crippen LogP contribution in [0.25, 0.3) is 0 Å². The fourth-order valence-corrected chi connectivity index (χ4v) is 1.69. The minimum absolute atomic E-state index is 0.213. The van der Waals surface area contributed by atoms with Crippen molar-refractivity contribution in [1.82, 2.24) is 5.48 Å². The van der Waals surface area contributed by atoms with Gasteiger partial charge in [0, 0.05) is 5.56 Å². The molecule has 21 heavy (non-hydrogen) atoms. The molecule has 5 nitrogen and oxygen atoms in total. The second kappa shape index (κ2) is 7.21. The Balaban J connectivity index is 2.20. The highest BCUT2D eigenvalue weighted by atomic mass is 16.6. The van der Waals surface area contributed by atoms with Gasteiger partial charge in [-0.3, -0.25) is 15.0 Å². The lowest BCUT2D eigenvalue weighted by molar-refractivity contribution is -0.126. The highest BCUT2D eigenvalue weighted by molar-refractivity contribution is 6.44. The number of carbonyl (C=O) groups is 1. The molecule has 0 unspecified atom stereocenters. The third-order valence-corrected chi connectivity index (χ3v) is 2.66. The number of ether oxygens (including phenoxy) is 1. The molecule has 0 saturated heterocycles. The molecule has 0 aliphatic heterocycles. The smallest absolute Gasteiger partial charge is 0.293 e. The average Bonchev–Trinajstić information content (AvgIpc) is 2.53. The van der Waals surface area contributed by atoms with Gasteiger partial charge in [0.2, 0.25) is 0 Å². The number of hydroxylamine groups is 1. The Kier molecular flexibility index (Phi) is 5.06. The predicted molar refractivity (Wildman–Crippen MR) is 79.6 cm³/mol. The highest BCUT2D eigenvalue weighted by Gasteiger charge is 2.16. The summed E-state index contributed by atoms with van der Waals surface area (Å²) in [5, 5.41) is 7.95. The molecule has 2 aromatic rings. The summed E-state index contributed by atoms with van der Waals surface area (Å²) in [6.07, 6.45) is 0. The molecule has 0 atom stereocenters. The third kappa shape index (κ3) is 3.90. The maximum Gasteiger partial charge on any atom is 0.293 e. The van der Waals surface area contributed by atoms with Crippen LogP contribution in [0.2, 0.25) is 0 Å². The van der Waals surface area contributed by atoms with Crippen molar-refractivity contribution >= 4 is 11.6 Å². The lowest BCUT2D eigenvalue weighted by atomic mass is 10.1. The van der Waals surface area contributed by atoms with Crippen LogP contribution in [0.4, 0.5) is 0 Å². The predicted octanol–water partition coefficient (Wildman–Crippen LogP) is 2.91. The molecule has 0 heterocycles. The van der Waals surface area contributed by atoms with Gasteiger partial charge in [0.25, 0.3) is 5.91 Å². The standard InChI is InChI=1S/C16H16N2O3/c1-2-20-18-16(19)15(17)13-10-6-7-11-14(13)21-12-8-4-3-5-9-12/h3-11,17H,2H2,1H3,(H,18,19). The van der Waals surface area contributed by atoms with Crippen molar-refractivity contribution in [2.75, 3.05) is 6.61 Å². The zero-order valence-corrected chi connectivity index (χ0v) is 11.6. The maximum absolute atomic E-state index is 11.8. The Morgan fingerprint density at radius 2 is 1.76 bits per heavy atom. The van der Waals surface area contributed by atoms with Gasteiger partial charge in [-0.2, -0.15) is 0 Å². The minimum atomic E-state index is -0.610. The van der Waals surface area contributed by atoms with Crippen LogP contribution in [-0.2, 0) is 9.63 Å². The number of hydrogen-bond donors (Lipinski definition) is 2. The van der Waals surface area contributed by atoms with E-state index in [1.807, 2.05) is 18.2 Å². The van der Waals surface area contributed by atoms with Gasteiger partial charge in [-0.1, -0.05) is 30.3 Å². The molecule has 5 heteroatoms. The van der Waals surface area contributed by atoms with Crippen LogP contribution >= 0.6 is 0 Å². The van der Waals surface area contributed by atoms with Crippen LogP contribution in [0, 0.1) is 5.41 Å². The molecule has 2 aromatic carbocycles. The van der Waals surface area contributed by atoms with Crippen LogP contribution in [0.1, 0.15) is 12.5 Å². The Morgan fingerprint density at radius 1 is 1.10 bits per heavy atom. The summed E-state index contributed by atoms with van der Waals surface area (Å²) in [6, 6.07) is 16.1. The van der Waals surface area contributed by atoms with Crippen molar-refractivity contribution in [2.45, 2.75) is 6.92 Å². The summed E-state index contributed by atoms with van der Waals surface area (Å²) < 4.78 is 5.72. The molecule has 0 saturated carbocycles. The number of amides is 1. The monoisotopic (exact) mass is 284 g/mol. The Labute approximate surface area is 123 Å². The summed E-state index contributed by atoms with van der Waals surface area (Å²) in [5.74, 6) is 0.476. The van der Waals surface area contributed by atoms with Gasteiger partial charge in [-0.25, -0.2) is 5.48 Å². The van der Waals surface area contributed by atoms with Crippen molar-refractivity contribution in [3.63, 3.8) is 0 Å². The van der Waals surface area contributed by atoms with Gasteiger partial charge < -0.3 is 4.74 Å². The minimum Gasteiger partial charge on any atom is -0.457 e. The molecule has 2 rings (SSSR count). The molecule has 0 radical (unpaired) electrons. The first kappa shape index (κ1) is 14.7. The molecule has 108 valence electrons. The van der Waals surface area contributed by atoms with Gasteiger partial charge in [0.15, 0.2) is 0 Å². The largest absolute Gasteiger partial charge is 0.457 e. The van der Waals surface area contributed by atoms with Crippen molar-refractivity contribution in [1.29, 1.82) is 5.41 Å². The van der Waals surface area contributed by atoms with E-state index in [1.165, 1.54) is 0 Å². The van der Waals surface area contributed by atoms with Crippen LogP contribution in [-0.4, -0.2) is 18.2 Å². The van der Waals surface area contributed by atoms with Crippen LogP contribution in [0.5, 0.6) is 11.5 Å². The fourth-order valence-electron chi connectivity index (χ4n) is 1.69. The van der Waals surface area contributed by atoms with Gasteiger partial charge >= 0.3 is 0 Å². The van der Waals surface area contributed by atoms with Crippen LogP contribution < -0.4 is 10.2 Å². The zero-order valence-electron chi connectivity index (χ0n) is 11.6. The third-order valence-electron chi connectivity index (χ3n) is 2.66. The Hall–Kier alpha value is -2.66. The summed E-state index contributed by atoms with van der Waals surface area (Å²) in [6.45, 7) is 2.08. The molecule has 0 aromatic heterocycles. The fraction of sp³-hybridized carbons (Fsp3) is 0.125. The van der Waals surface area contributed by atoms with Gasteiger partial charge in [0.05, 0.1) is 6.61 Å². The van der Waals surface area contributed by atoms with Crippen molar-refractivity contribution in [2.24, 2.45) is 0 Å². The van der Waals surface area contributed by atoms with E-state index in [4.69, 9.17) is 15.0 Å². The topological polar surface area (TPSA) is 71.4 Å². The van der Waals surface area contributed by atoms with E-state index in [-0.39, 0.29) is 5.71 Å². The molecule has 0 spiro atoms. The van der Waals surface area contributed by atoms with E-state index in [9.17, 15) is 4.79 Å². The Morgan fingerprint density at radius 3 is 2.48 bits per heavy atom. The number of nitrogens with one attached hydrogen (secondary N) is 2. The first-order valence-electron chi connectivity index (χ1n) is 6.55. The van der Waals surface area contributed by atoms with E-state index < -0.39 is 5.91 Å². The zero-order chi connectivity index (χ0) is 15.1. The second-order valence-corrected chi connectivity index (χ2v) is 4.15. The summed E-state index contributed by atoms with van der Waals surface area (Å²) in [5.41, 5.74) is 2.39. The van der Waals surface area contributed by atoms with E-state index >= 15 is 0 Å². The number of carbonyl (C=O) groups excluding carboxylic acids is 1. The lowest BCUT2D eigenvalue weighted by Gasteiger charge is -2.11. The van der Waals surface area contributed by atoms with Gasteiger partial charge in [-0.15, -0.1) is 0 Å². The number of hydrogen-bond acceptors (Lipinski definition) is 4. The van der Waals surface area contributed by atoms with Crippen LogP contribution in [0.3, 0.4) is 0 Å². The molecule has 0 bridgehead atoms. The first-order valence-corrected chi connectivity index (χ1v) is 6.55. The number of benzene rings is 2. The molecule has 1 amide bonds. The van der Waals surface area contributed by atoms with E-state index in [2.05, 4.69) is 5.48 Å². The van der Waals surface area contributed by atoms with E-state index in [0.717, 1.165) is 0 Å². The normalized spacial score (nSPS) is 9.95. The number of para-hydroxylation sites is 2. The first-order chi connectivity index (χ1) is 10.2. The summed E-state index contributed by atoms with van der Waals surface area (Å²) in [4.78, 5) is 16.6. The molecule has 2 N–H and O–H groups in total. The number of rotatable bonds is 6. The second-order valence-electron chi connectivity index (χ2n) is 4.15. The lowest BCUT2D eigenvalue weighted by Crippen LogP contribution is -2.31.